The van der Waals surface area contributed by atoms with Crippen LogP contribution in [0.25, 0.3) is 11.6 Å². The zero-order valence-electron chi connectivity index (χ0n) is 20.5. The van der Waals surface area contributed by atoms with Gasteiger partial charge in [0.2, 0.25) is 12.3 Å². The molecule has 0 aliphatic heterocycles. The van der Waals surface area contributed by atoms with Gasteiger partial charge >= 0.3 is 12.2 Å². The number of amides is 2. The second kappa shape index (κ2) is 11.7. The molecule has 2 aromatic carbocycles. The number of nitrogens with one attached hydrogen (secondary N) is 2. The predicted octanol–water partition coefficient (Wildman–Crippen LogP) is 5.82. The second-order valence-corrected chi connectivity index (χ2v) is 8.07. The van der Waals surface area contributed by atoms with Crippen LogP contribution in [0.5, 0.6) is 11.6 Å². The van der Waals surface area contributed by atoms with Crippen LogP contribution in [-0.2, 0) is 12.7 Å². The Hall–Kier alpha value is -4.52. The maximum Gasteiger partial charge on any atom is 0.416 e. The van der Waals surface area contributed by atoms with Crippen LogP contribution in [0.3, 0.4) is 0 Å². The Morgan fingerprint density at radius 2 is 1.82 bits per heavy atom. The third-order valence-electron chi connectivity index (χ3n) is 5.41. The lowest BCUT2D eigenvalue weighted by molar-refractivity contribution is -0.137. The lowest BCUT2D eigenvalue weighted by Gasteiger charge is -2.20. The number of urea groups is 1. The summed E-state index contributed by atoms with van der Waals surface area (Å²) in [6, 6.07) is 10.7. The topological polar surface area (TPSA) is 118 Å². The summed E-state index contributed by atoms with van der Waals surface area (Å²) in [5.74, 6) is 0.734. The molecule has 0 spiro atoms. The third-order valence-corrected chi connectivity index (χ3v) is 5.41. The number of ether oxygens (including phenoxy) is 1. The molecule has 198 valence electrons. The van der Waals surface area contributed by atoms with Gasteiger partial charge < -0.3 is 19.8 Å². The van der Waals surface area contributed by atoms with E-state index >= 15 is 0 Å². The summed E-state index contributed by atoms with van der Waals surface area (Å²) in [5, 5.41) is 12.5. The molecule has 0 bridgehead atoms. The average Bonchev–Trinajstić information content (AvgIpc) is 3.42. The Balaban J connectivity index is 1.46. The number of carbonyl (C=O) groups is 1. The minimum absolute atomic E-state index is 0.0291. The van der Waals surface area contributed by atoms with Gasteiger partial charge in [-0.05, 0) is 49.0 Å². The Morgan fingerprint density at radius 1 is 1.03 bits per heavy atom. The summed E-state index contributed by atoms with van der Waals surface area (Å²) in [6.45, 7) is 5.55. The van der Waals surface area contributed by atoms with Crippen LogP contribution in [0.4, 0.5) is 29.3 Å². The summed E-state index contributed by atoms with van der Waals surface area (Å²) in [5.41, 5.74) is 0.349. The van der Waals surface area contributed by atoms with Gasteiger partial charge in [0, 0.05) is 30.1 Å². The molecule has 2 heterocycles. The molecule has 0 aliphatic rings. The lowest BCUT2D eigenvalue weighted by atomic mass is 10.1. The standard InChI is InChI=1S/C25H24F3N7O3/c1-3-35(4-2)13-16-8-17(25(26,27)28)10-19(9-16)33-24(36)32-18-6-5-7-20(11-18)38-22-12-21(29-14-30-22)23-34-31-15-37-23/h5-12,14-15H,3-4,13H2,1-2H3,(H2,32,33,36). The SMILES string of the molecule is CCN(CC)Cc1cc(NC(=O)Nc2cccc(Oc3cc(-c4nnco4)ncn3)c2)cc(C(F)(F)F)c1. The zero-order chi connectivity index (χ0) is 27.1. The van der Waals surface area contributed by atoms with Crippen LogP contribution in [0.1, 0.15) is 25.0 Å². The van der Waals surface area contributed by atoms with Crippen LogP contribution >= 0.6 is 0 Å². The first-order valence-electron chi connectivity index (χ1n) is 11.6. The van der Waals surface area contributed by atoms with E-state index < -0.39 is 17.8 Å². The minimum Gasteiger partial charge on any atom is -0.439 e. The number of rotatable bonds is 9. The van der Waals surface area contributed by atoms with Crippen molar-refractivity contribution in [1.82, 2.24) is 25.1 Å². The van der Waals surface area contributed by atoms with E-state index in [9.17, 15) is 18.0 Å². The van der Waals surface area contributed by atoms with Crippen LogP contribution in [-0.4, -0.2) is 44.2 Å². The van der Waals surface area contributed by atoms with Gasteiger partial charge in [0.1, 0.15) is 17.8 Å². The molecule has 4 aromatic rings. The summed E-state index contributed by atoms with van der Waals surface area (Å²) in [4.78, 5) is 22.7. The molecule has 0 radical (unpaired) electrons. The van der Waals surface area contributed by atoms with E-state index in [-0.39, 0.29) is 17.5 Å². The fourth-order valence-electron chi connectivity index (χ4n) is 3.57. The van der Waals surface area contributed by atoms with Crippen LogP contribution < -0.4 is 15.4 Å². The summed E-state index contributed by atoms with van der Waals surface area (Å²) >= 11 is 0. The van der Waals surface area contributed by atoms with Gasteiger partial charge in [-0.3, -0.25) is 4.90 Å². The Morgan fingerprint density at radius 3 is 2.53 bits per heavy atom. The highest BCUT2D eigenvalue weighted by Gasteiger charge is 2.31. The average molecular weight is 528 g/mol. The molecule has 0 unspecified atom stereocenters. The normalized spacial score (nSPS) is 11.4. The molecule has 2 aromatic heterocycles. The van der Waals surface area contributed by atoms with E-state index in [2.05, 4.69) is 30.8 Å². The van der Waals surface area contributed by atoms with Crippen molar-refractivity contribution in [2.45, 2.75) is 26.6 Å². The smallest absolute Gasteiger partial charge is 0.416 e. The molecular formula is C25H24F3N7O3. The first kappa shape index (κ1) is 26.5. The number of hydrogen-bond donors (Lipinski definition) is 2. The number of carbonyl (C=O) groups excluding carboxylic acids is 1. The minimum atomic E-state index is -4.55. The molecule has 2 amide bonds. The Bertz CT molecular complexity index is 1380. The quantitative estimate of drug-likeness (QED) is 0.279. The lowest BCUT2D eigenvalue weighted by Crippen LogP contribution is -2.23. The maximum absolute atomic E-state index is 13.5. The van der Waals surface area contributed by atoms with E-state index in [4.69, 9.17) is 9.15 Å². The highest BCUT2D eigenvalue weighted by atomic mass is 19.4. The van der Waals surface area contributed by atoms with Crippen molar-refractivity contribution in [3.05, 3.63) is 72.4 Å². The van der Waals surface area contributed by atoms with E-state index in [0.29, 0.717) is 42.3 Å². The van der Waals surface area contributed by atoms with Gasteiger partial charge in [-0.15, -0.1) is 10.2 Å². The highest BCUT2D eigenvalue weighted by Crippen LogP contribution is 2.32. The summed E-state index contributed by atoms with van der Waals surface area (Å²) < 4.78 is 51.3. The summed E-state index contributed by atoms with van der Waals surface area (Å²) in [7, 11) is 0. The van der Waals surface area contributed by atoms with Crippen LogP contribution in [0.15, 0.2) is 65.7 Å². The van der Waals surface area contributed by atoms with E-state index in [0.717, 1.165) is 12.1 Å². The van der Waals surface area contributed by atoms with Crippen molar-refractivity contribution in [3.8, 4) is 23.2 Å². The number of anilines is 2. The van der Waals surface area contributed by atoms with Crippen molar-refractivity contribution >= 4 is 17.4 Å². The van der Waals surface area contributed by atoms with Crippen molar-refractivity contribution < 1.29 is 27.1 Å². The number of benzene rings is 2. The fourth-order valence-corrected chi connectivity index (χ4v) is 3.57. The van der Waals surface area contributed by atoms with Crippen molar-refractivity contribution in [1.29, 1.82) is 0 Å². The fraction of sp³-hybridized carbons (Fsp3) is 0.240. The molecular weight excluding hydrogens is 503 g/mol. The third kappa shape index (κ3) is 7.03. The molecule has 0 aliphatic carbocycles. The van der Waals surface area contributed by atoms with Crippen molar-refractivity contribution in [2.75, 3.05) is 23.7 Å². The molecule has 2 N–H and O–H groups in total. The number of nitrogens with zero attached hydrogens (tertiary/aromatic N) is 5. The number of aromatic nitrogens is 4. The van der Waals surface area contributed by atoms with Gasteiger partial charge in [-0.1, -0.05) is 19.9 Å². The molecule has 38 heavy (non-hydrogen) atoms. The molecule has 0 saturated carbocycles. The summed E-state index contributed by atoms with van der Waals surface area (Å²) in [6.07, 6.45) is -2.11. The first-order valence-corrected chi connectivity index (χ1v) is 11.6. The van der Waals surface area contributed by atoms with Crippen molar-refractivity contribution in [2.24, 2.45) is 0 Å². The molecule has 0 fully saturated rings. The molecule has 13 heteroatoms. The van der Waals surface area contributed by atoms with Gasteiger partial charge in [-0.25, -0.2) is 14.8 Å². The monoisotopic (exact) mass is 527 g/mol. The molecule has 0 saturated heterocycles. The largest absolute Gasteiger partial charge is 0.439 e. The predicted molar refractivity (Wildman–Crippen MR) is 133 cm³/mol. The Kier molecular flexibility index (Phi) is 8.16. The van der Waals surface area contributed by atoms with E-state index in [1.807, 2.05) is 18.7 Å². The van der Waals surface area contributed by atoms with Gasteiger partial charge in [0.25, 0.3) is 5.89 Å². The van der Waals surface area contributed by atoms with E-state index in [1.165, 1.54) is 30.9 Å². The van der Waals surface area contributed by atoms with Crippen LogP contribution in [0.2, 0.25) is 0 Å². The maximum atomic E-state index is 13.5. The van der Waals surface area contributed by atoms with Crippen molar-refractivity contribution in [3.63, 3.8) is 0 Å². The number of halogens is 3. The van der Waals surface area contributed by atoms with E-state index in [1.54, 1.807) is 18.2 Å². The van der Waals surface area contributed by atoms with Gasteiger partial charge in [0.05, 0.1) is 5.56 Å². The molecule has 10 nitrogen and oxygen atoms in total. The first-order chi connectivity index (χ1) is 18.2. The molecule has 4 rings (SSSR count). The highest BCUT2D eigenvalue weighted by molar-refractivity contribution is 6.00. The number of alkyl halides is 3. The van der Waals surface area contributed by atoms with Gasteiger partial charge in [0.15, 0.2) is 0 Å². The Labute approximate surface area is 215 Å². The van der Waals surface area contributed by atoms with Gasteiger partial charge in [-0.2, -0.15) is 13.2 Å². The van der Waals surface area contributed by atoms with Crippen LogP contribution in [0, 0.1) is 0 Å². The number of hydrogen-bond acceptors (Lipinski definition) is 8. The zero-order valence-corrected chi connectivity index (χ0v) is 20.5. The second-order valence-electron chi connectivity index (χ2n) is 8.07. The molecule has 0 atom stereocenters.